The highest BCUT2D eigenvalue weighted by Crippen LogP contribution is 2.31. The third kappa shape index (κ3) is 7.95. The summed E-state index contributed by atoms with van der Waals surface area (Å²) in [7, 11) is -0.370. The molecular formula is C34H41N7O6S. The Bertz CT molecular complexity index is 1880. The van der Waals surface area contributed by atoms with Gasteiger partial charge in [-0.3, -0.25) is 19.2 Å². The summed E-state index contributed by atoms with van der Waals surface area (Å²) in [6.45, 7) is 4.91. The van der Waals surface area contributed by atoms with Crippen LogP contribution in [0.3, 0.4) is 0 Å². The van der Waals surface area contributed by atoms with Crippen molar-refractivity contribution in [2.45, 2.75) is 37.6 Å². The van der Waals surface area contributed by atoms with Crippen molar-refractivity contribution in [2.75, 3.05) is 42.5 Å². The van der Waals surface area contributed by atoms with Gasteiger partial charge in [-0.2, -0.15) is 8.42 Å². The van der Waals surface area contributed by atoms with E-state index >= 15 is 0 Å². The van der Waals surface area contributed by atoms with Crippen LogP contribution >= 0.6 is 0 Å². The number of amides is 2. The Morgan fingerprint density at radius 3 is 2.56 bits per heavy atom. The molecule has 13 nitrogen and oxygen atoms in total. The molecule has 3 aromatic carbocycles. The summed E-state index contributed by atoms with van der Waals surface area (Å²) in [6, 6.07) is 18.5. The number of sulfonamides is 1. The Morgan fingerprint density at radius 2 is 1.90 bits per heavy atom. The highest BCUT2D eigenvalue weighted by Gasteiger charge is 2.34. The molecule has 3 atom stereocenters. The SMILES string of the molecule is C[C@H]1CN([C@@H](C)CO)C(=O)c2cc(NS(=O)(=O)c3cn(C)cn3)ccc2O[C@@H]1CN(C)Cc1ccc(C(=O)Nc2ccccc2N)cc1. The van der Waals surface area contributed by atoms with Crippen LogP contribution in [0, 0.1) is 5.92 Å². The Hall–Kier alpha value is -4.92. The second-order valence-electron chi connectivity index (χ2n) is 12.3. The van der Waals surface area contributed by atoms with Crippen LogP contribution in [-0.4, -0.2) is 83.6 Å². The molecule has 4 aromatic rings. The maximum atomic E-state index is 13.8. The number of nitrogens with two attached hydrogens (primary N) is 1. The van der Waals surface area contributed by atoms with E-state index in [1.165, 1.54) is 23.2 Å². The fraction of sp³-hybridized carbons (Fsp3) is 0.324. The summed E-state index contributed by atoms with van der Waals surface area (Å²) in [6.07, 6.45) is 2.41. The second-order valence-corrected chi connectivity index (χ2v) is 13.9. The number of nitrogen functional groups attached to an aromatic ring is 1. The number of fused-ring (bicyclic) bond motifs is 1. The number of para-hydroxylation sites is 2. The zero-order chi connectivity index (χ0) is 34.6. The smallest absolute Gasteiger partial charge is 0.280 e. The predicted octanol–water partition coefficient (Wildman–Crippen LogP) is 3.41. The van der Waals surface area contributed by atoms with Crippen molar-refractivity contribution in [3.05, 3.63) is 95.9 Å². The van der Waals surface area contributed by atoms with Crippen LogP contribution in [0.15, 0.2) is 84.3 Å². The molecule has 0 fully saturated rings. The van der Waals surface area contributed by atoms with Crippen molar-refractivity contribution >= 4 is 38.9 Å². The zero-order valence-corrected chi connectivity index (χ0v) is 28.1. The van der Waals surface area contributed by atoms with Crippen LogP contribution in [-0.2, 0) is 23.6 Å². The molecular weight excluding hydrogens is 634 g/mol. The van der Waals surface area contributed by atoms with Crippen molar-refractivity contribution in [1.82, 2.24) is 19.4 Å². The number of ether oxygens (including phenoxy) is 1. The summed E-state index contributed by atoms with van der Waals surface area (Å²) in [5.41, 5.74) is 8.85. The predicted molar refractivity (Wildman–Crippen MR) is 183 cm³/mol. The van der Waals surface area contributed by atoms with Crippen LogP contribution in [0.1, 0.15) is 40.1 Å². The molecule has 1 aliphatic rings. The molecule has 0 bridgehead atoms. The number of benzene rings is 3. The first kappa shape index (κ1) is 34.4. The molecule has 14 heteroatoms. The lowest BCUT2D eigenvalue weighted by molar-refractivity contribution is 0.0341. The van der Waals surface area contributed by atoms with E-state index in [0.717, 1.165) is 5.56 Å². The van der Waals surface area contributed by atoms with Crippen LogP contribution in [0.2, 0.25) is 0 Å². The van der Waals surface area contributed by atoms with Gasteiger partial charge in [0.1, 0.15) is 11.9 Å². The summed E-state index contributed by atoms with van der Waals surface area (Å²) in [4.78, 5) is 34.2. The quantitative estimate of drug-likeness (QED) is 0.174. The number of nitrogens with one attached hydrogen (secondary N) is 2. The van der Waals surface area contributed by atoms with Gasteiger partial charge in [-0.25, -0.2) is 4.98 Å². The van der Waals surface area contributed by atoms with E-state index in [9.17, 15) is 23.1 Å². The molecule has 2 amide bonds. The van der Waals surface area contributed by atoms with E-state index in [-0.39, 0.29) is 46.7 Å². The number of imidazole rings is 1. The number of anilines is 3. The number of aromatic nitrogens is 2. The highest BCUT2D eigenvalue weighted by molar-refractivity contribution is 7.92. The Labute approximate surface area is 280 Å². The van der Waals surface area contributed by atoms with Crippen molar-refractivity contribution in [2.24, 2.45) is 13.0 Å². The number of likely N-dealkylation sites (N-methyl/N-ethyl adjacent to an activating group) is 1. The van der Waals surface area contributed by atoms with Gasteiger partial charge in [-0.15, -0.1) is 0 Å². The van der Waals surface area contributed by atoms with E-state index in [1.54, 1.807) is 67.4 Å². The Kier molecular flexibility index (Phi) is 10.4. The first-order valence-corrected chi connectivity index (χ1v) is 17.0. The molecule has 0 unspecified atom stereocenters. The number of aryl methyl sites for hydroxylation is 1. The standard InChI is InChI=1S/C34H41N7O6S/c1-22-16-41(23(2)20-42)34(44)27-15-26(38-48(45,46)32-19-40(4)21-36-32)13-14-30(27)47-31(22)18-39(3)17-24-9-11-25(12-10-24)33(43)37-29-8-6-5-7-28(29)35/h5-15,19,21-23,31,38,42H,16-18,20,35H2,1-4H3,(H,37,43)/t22-,23-,31+/m0/s1. The third-order valence-corrected chi connectivity index (χ3v) is 9.51. The van der Waals surface area contributed by atoms with Crippen molar-refractivity contribution in [3.8, 4) is 5.75 Å². The maximum absolute atomic E-state index is 13.8. The lowest BCUT2D eigenvalue weighted by atomic mass is 9.99. The average molecular weight is 676 g/mol. The second kappa shape index (κ2) is 14.5. The lowest BCUT2D eigenvalue weighted by Gasteiger charge is -2.38. The molecule has 48 heavy (non-hydrogen) atoms. The minimum Gasteiger partial charge on any atom is -0.488 e. The van der Waals surface area contributed by atoms with Crippen molar-refractivity contribution in [1.29, 1.82) is 0 Å². The van der Waals surface area contributed by atoms with E-state index in [0.29, 0.717) is 42.3 Å². The van der Waals surface area contributed by atoms with Gasteiger partial charge in [0.2, 0.25) is 0 Å². The molecule has 0 spiro atoms. The largest absolute Gasteiger partial charge is 0.488 e. The first-order chi connectivity index (χ1) is 22.8. The summed E-state index contributed by atoms with van der Waals surface area (Å²) in [5, 5.41) is 12.7. The maximum Gasteiger partial charge on any atom is 0.280 e. The summed E-state index contributed by atoms with van der Waals surface area (Å²) >= 11 is 0. The van der Waals surface area contributed by atoms with Crippen molar-refractivity contribution < 1.29 is 27.9 Å². The molecule has 0 saturated heterocycles. The number of aliphatic hydroxyl groups excluding tert-OH is 1. The molecule has 254 valence electrons. The van der Waals surface area contributed by atoms with Crippen molar-refractivity contribution in [3.63, 3.8) is 0 Å². The number of carbonyl (C=O) groups is 2. The fourth-order valence-electron chi connectivity index (χ4n) is 5.49. The van der Waals surface area contributed by atoms with E-state index in [4.69, 9.17) is 10.5 Å². The van der Waals surface area contributed by atoms with Gasteiger partial charge < -0.3 is 30.4 Å². The van der Waals surface area contributed by atoms with Gasteiger partial charge in [0.05, 0.1) is 35.9 Å². The van der Waals surface area contributed by atoms with E-state index in [2.05, 4.69) is 19.9 Å². The molecule has 5 N–H and O–H groups in total. The average Bonchev–Trinajstić information content (AvgIpc) is 3.51. The topological polar surface area (TPSA) is 172 Å². The number of hydrogen-bond acceptors (Lipinski definition) is 9. The van der Waals surface area contributed by atoms with Gasteiger partial charge in [0.25, 0.3) is 21.8 Å². The highest BCUT2D eigenvalue weighted by atomic mass is 32.2. The van der Waals surface area contributed by atoms with Gasteiger partial charge in [0, 0.05) is 50.0 Å². The van der Waals surface area contributed by atoms with Gasteiger partial charge in [-0.05, 0) is 62.0 Å². The van der Waals surface area contributed by atoms with Crippen LogP contribution in [0.25, 0.3) is 0 Å². The first-order valence-electron chi connectivity index (χ1n) is 15.5. The molecule has 2 heterocycles. The minimum atomic E-state index is -4.00. The molecule has 5 rings (SSSR count). The van der Waals surface area contributed by atoms with Crippen LogP contribution in [0.5, 0.6) is 5.75 Å². The molecule has 1 aromatic heterocycles. The number of hydrogen-bond donors (Lipinski definition) is 4. The number of rotatable bonds is 11. The third-order valence-electron chi connectivity index (χ3n) is 8.24. The Morgan fingerprint density at radius 1 is 1.17 bits per heavy atom. The molecule has 0 saturated carbocycles. The van der Waals surface area contributed by atoms with E-state index in [1.807, 2.05) is 26.1 Å². The zero-order valence-electron chi connectivity index (χ0n) is 27.3. The number of carbonyl (C=O) groups excluding carboxylic acids is 2. The van der Waals surface area contributed by atoms with Crippen LogP contribution < -0.4 is 20.5 Å². The van der Waals surface area contributed by atoms with Gasteiger partial charge in [0.15, 0.2) is 5.03 Å². The minimum absolute atomic E-state index is 0.114. The molecule has 0 aliphatic carbocycles. The Balaban J connectivity index is 1.31. The monoisotopic (exact) mass is 675 g/mol. The summed E-state index contributed by atoms with van der Waals surface area (Å²) in [5.74, 6) is -0.428. The van der Waals surface area contributed by atoms with E-state index < -0.39 is 16.1 Å². The number of aliphatic hydroxyl groups is 1. The lowest BCUT2D eigenvalue weighted by Crippen LogP contribution is -2.49. The van der Waals surface area contributed by atoms with Gasteiger partial charge in [-0.1, -0.05) is 31.2 Å². The molecule has 0 radical (unpaired) electrons. The fourth-order valence-corrected chi connectivity index (χ4v) is 6.52. The van der Waals surface area contributed by atoms with Gasteiger partial charge >= 0.3 is 0 Å². The normalized spacial score (nSPS) is 17.2. The summed E-state index contributed by atoms with van der Waals surface area (Å²) < 4.78 is 36.4. The van der Waals surface area contributed by atoms with Crippen LogP contribution in [0.4, 0.5) is 17.1 Å². The number of nitrogens with zero attached hydrogens (tertiary/aromatic N) is 4. The molecule has 1 aliphatic heterocycles.